The molecule has 24 heavy (non-hydrogen) atoms. The number of ether oxygens (including phenoxy) is 1. The van der Waals surface area contributed by atoms with E-state index in [-0.39, 0.29) is 24.5 Å². The summed E-state index contributed by atoms with van der Waals surface area (Å²) in [6.07, 6.45) is -0.171. The lowest BCUT2D eigenvalue weighted by Gasteiger charge is -2.15. The van der Waals surface area contributed by atoms with E-state index < -0.39 is 0 Å². The monoisotopic (exact) mass is 330 g/mol. The first-order valence-electron chi connectivity index (χ1n) is 7.70. The highest BCUT2D eigenvalue weighted by Crippen LogP contribution is 2.13. The van der Waals surface area contributed by atoms with Gasteiger partial charge in [-0.3, -0.25) is 4.79 Å². The smallest absolute Gasteiger partial charge is 0.409 e. The Morgan fingerprint density at radius 2 is 2.17 bits per heavy atom. The predicted molar refractivity (Wildman–Crippen MR) is 83.2 cm³/mol. The number of hydrogen-bond donors (Lipinski definition) is 1. The van der Waals surface area contributed by atoms with Gasteiger partial charge in [0.15, 0.2) is 5.82 Å². The Morgan fingerprint density at radius 3 is 2.88 bits per heavy atom. The van der Waals surface area contributed by atoms with Gasteiger partial charge in [0.2, 0.25) is 5.91 Å². The third kappa shape index (κ3) is 3.50. The molecule has 1 aliphatic rings. The number of hydrogen-bond acceptors (Lipinski definition) is 6. The summed E-state index contributed by atoms with van der Waals surface area (Å²) in [5.74, 6) is 0.361. The molecule has 0 bridgehead atoms. The molecular formula is C15H18N6O3. The SMILES string of the molecule is C[C@@H](NC(=O)CCN1CCOC1=O)c1nnnn1-c1ccccc1. The molecule has 1 N–H and O–H groups in total. The van der Waals surface area contributed by atoms with E-state index in [0.29, 0.717) is 25.5 Å². The zero-order chi connectivity index (χ0) is 16.9. The van der Waals surface area contributed by atoms with Crippen molar-refractivity contribution in [2.24, 2.45) is 0 Å². The Kier molecular flexibility index (Phi) is 4.69. The van der Waals surface area contributed by atoms with Gasteiger partial charge in [-0.15, -0.1) is 5.10 Å². The molecule has 2 heterocycles. The van der Waals surface area contributed by atoms with Gasteiger partial charge >= 0.3 is 6.09 Å². The van der Waals surface area contributed by atoms with Crippen LogP contribution in [0.15, 0.2) is 30.3 Å². The number of nitrogens with one attached hydrogen (secondary N) is 1. The third-order valence-electron chi connectivity index (χ3n) is 3.71. The number of tetrazole rings is 1. The summed E-state index contributed by atoms with van der Waals surface area (Å²) in [6.45, 7) is 3.05. The summed E-state index contributed by atoms with van der Waals surface area (Å²) in [5, 5.41) is 14.5. The van der Waals surface area contributed by atoms with Crippen molar-refractivity contribution in [3.05, 3.63) is 36.2 Å². The normalized spacial score (nSPS) is 15.2. The molecule has 2 aromatic rings. The van der Waals surface area contributed by atoms with Crippen molar-refractivity contribution in [1.29, 1.82) is 0 Å². The van der Waals surface area contributed by atoms with Gasteiger partial charge in [0.25, 0.3) is 0 Å². The topological polar surface area (TPSA) is 102 Å². The van der Waals surface area contributed by atoms with Crippen LogP contribution in [0.25, 0.3) is 5.69 Å². The summed E-state index contributed by atoms with van der Waals surface area (Å²) in [7, 11) is 0. The lowest BCUT2D eigenvalue weighted by atomic mass is 10.2. The van der Waals surface area contributed by atoms with Gasteiger partial charge in [0.05, 0.1) is 18.3 Å². The molecule has 0 radical (unpaired) electrons. The molecule has 1 aromatic heterocycles. The van der Waals surface area contributed by atoms with Crippen LogP contribution in [0.2, 0.25) is 0 Å². The molecule has 1 atom stereocenters. The van der Waals surface area contributed by atoms with Crippen molar-refractivity contribution in [1.82, 2.24) is 30.4 Å². The van der Waals surface area contributed by atoms with Crippen LogP contribution in [-0.2, 0) is 9.53 Å². The Labute approximate surface area is 138 Å². The lowest BCUT2D eigenvalue weighted by Crippen LogP contribution is -2.33. The van der Waals surface area contributed by atoms with Gasteiger partial charge in [-0.05, 0) is 29.5 Å². The third-order valence-corrected chi connectivity index (χ3v) is 3.71. The number of aromatic nitrogens is 4. The number of benzene rings is 1. The number of carbonyl (C=O) groups is 2. The predicted octanol–water partition coefficient (Wildman–Crippen LogP) is 0.682. The molecule has 126 valence electrons. The molecular weight excluding hydrogens is 312 g/mol. The molecule has 1 fully saturated rings. The van der Waals surface area contributed by atoms with Gasteiger partial charge in [0, 0.05) is 13.0 Å². The number of cyclic esters (lactones) is 1. The number of nitrogens with zero attached hydrogens (tertiary/aromatic N) is 5. The fourth-order valence-corrected chi connectivity index (χ4v) is 2.46. The Bertz CT molecular complexity index is 717. The summed E-state index contributed by atoms with van der Waals surface area (Å²) >= 11 is 0. The van der Waals surface area contributed by atoms with Crippen LogP contribution in [0.5, 0.6) is 0 Å². The number of carbonyl (C=O) groups excluding carboxylic acids is 2. The fourth-order valence-electron chi connectivity index (χ4n) is 2.46. The van der Waals surface area contributed by atoms with Gasteiger partial charge in [0.1, 0.15) is 6.61 Å². The van der Waals surface area contributed by atoms with Crippen LogP contribution in [0.4, 0.5) is 4.79 Å². The van der Waals surface area contributed by atoms with Crippen LogP contribution in [-0.4, -0.2) is 56.8 Å². The average Bonchev–Trinajstić information content (AvgIpc) is 3.22. The van der Waals surface area contributed by atoms with E-state index in [1.54, 1.807) is 4.68 Å². The zero-order valence-corrected chi connectivity index (χ0v) is 13.3. The van der Waals surface area contributed by atoms with E-state index in [9.17, 15) is 9.59 Å². The highest BCUT2D eigenvalue weighted by atomic mass is 16.6. The van der Waals surface area contributed by atoms with Crippen LogP contribution >= 0.6 is 0 Å². The van der Waals surface area contributed by atoms with Gasteiger partial charge in [-0.1, -0.05) is 18.2 Å². The van der Waals surface area contributed by atoms with E-state index in [4.69, 9.17) is 4.74 Å². The van der Waals surface area contributed by atoms with Crippen molar-refractivity contribution in [3.63, 3.8) is 0 Å². The van der Waals surface area contributed by atoms with E-state index in [1.165, 1.54) is 4.90 Å². The maximum absolute atomic E-state index is 12.1. The first-order valence-corrected chi connectivity index (χ1v) is 7.70. The molecule has 1 aliphatic heterocycles. The van der Waals surface area contributed by atoms with Gasteiger partial charge < -0.3 is 15.0 Å². The van der Waals surface area contributed by atoms with Crippen molar-refractivity contribution in [2.75, 3.05) is 19.7 Å². The van der Waals surface area contributed by atoms with E-state index in [0.717, 1.165) is 5.69 Å². The first-order chi connectivity index (χ1) is 11.6. The Hall–Kier alpha value is -2.97. The Morgan fingerprint density at radius 1 is 1.38 bits per heavy atom. The summed E-state index contributed by atoms with van der Waals surface area (Å²) < 4.78 is 6.41. The van der Waals surface area contributed by atoms with Gasteiger partial charge in [-0.2, -0.15) is 4.68 Å². The van der Waals surface area contributed by atoms with Crippen LogP contribution in [0.3, 0.4) is 0 Å². The molecule has 2 amide bonds. The van der Waals surface area contributed by atoms with E-state index in [1.807, 2.05) is 37.3 Å². The molecule has 1 saturated heterocycles. The minimum Gasteiger partial charge on any atom is -0.448 e. The first kappa shape index (κ1) is 15.9. The number of amides is 2. The maximum Gasteiger partial charge on any atom is 0.409 e. The molecule has 9 heteroatoms. The van der Waals surface area contributed by atoms with Crippen molar-refractivity contribution in [3.8, 4) is 5.69 Å². The quantitative estimate of drug-likeness (QED) is 0.836. The minimum atomic E-state index is -0.371. The van der Waals surface area contributed by atoms with Crippen molar-refractivity contribution >= 4 is 12.0 Å². The molecule has 1 aromatic carbocycles. The molecule has 3 rings (SSSR count). The number of rotatable bonds is 6. The van der Waals surface area contributed by atoms with Crippen LogP contribution < -0.4 is 5.32 Å². The molecule has 9 nitrogen and oxygen atoms in total. The largest absolute Gasteiger partial charge is 0.448 e. The number of para-hydroxylation sites is 1. The van der Waals surface area contributed by atoms with Crippen molar-refractivity contribution in [2.45, 2.75) is 19.4 Å². The lowest BCUT2D eigenvalue weighted by molar-refractivity contribution is -0.121. The molecule has 0 aliphatic carbocycles. The average molecular weight is 330 g/mol. The molecule has 0 unspecified atom stereocenters. The molecule has 0 spiro atoms. The van der Waals surface area contributed by atoms with Gasteiger partial charge in [-0.25, -0.2) is 4.79 Å². The van der Waals surface area contributed by atoms with Crippen molar-refractivity contribution < 1.29 is 14.3 Å². The Balaban J connectivity index is 1.59. The highest BCUT2D eigenvalue weighted by molar-refractivity contribution is 5.77. The second-order valence-corrected chi connectivity index (χ2v) is 5.43. The molecule has 0 saturated carbocycles. The van der Waals surface area contributed by atoms with E-state index in [2.05, 4.69) is 20.8 Å². The fraction of sp³-hybridized carbons (Fsp3) is 0.400. The summed E-state index contributed by atoms with van der Waals surface area (Å²) in [5.41, 5.74) is 0.818. The summed E-state index contributed by atoms with van der Waals surface area (Å²) in [4.78, 5) is 24.9. The van der Waals surface area contributed by atoms with Crippen LogP contribution in [0, 0.1) is 0 Å². The maximum atomic E-state index is 12.1. The second kappa shape index (κ2) is 7.07. The highest BCUT2D eigenvalue weighted by Gasteiger charge is 2.23. The van der Waals surface area contributed by atoms with Crippen LogP contribution in [0.1, 0.15) is 25.2 Å². The second-order valence-electron chi connectivity index (χ2n) is 5.43. The standard InChI is InChI=1S/C15H18N6O3/c1-11(16-13(22)7-8-20-9-10-24-15(20)23)14-17-18-19-21(14)12-5-3-2-4-6-12/h2-6,11H,7-10H2,1H3,(H,16,22)/t11-/m1/s1. The zero-order valence-electron chi connectivity index (χ0n) is 13.3. The minimum absolute atomic E-state index is 0.176. The van der Waals surface area contributed by atoms with E-state index >= 15 is 0 Å². The summed E-state index contributed by atoms with van der Waals surface area (Å²) in [6, 6.07) is 9.08.